The predicted octanol–water partition coefficient (Wildman–Crippen LogP) is 0.477. The van der Waals surface area contributed by atoms with E-state index in [9.17, 15) is 10.0 Å². The largest absolute Gasteiger partial charge is 0.617 e. The summed E-state index contributed by atoms with van der Waals surface area (Å²) < 4.78 is 0.121. The maximum absolute atomic E-state index is 10.4. The highest BCUT2D eigenvalue weighted by Gasteiger charge is 2.05. The van der Waals surface area contributed by atoms with Crippen molar-refractivity contribution in [3.05, 3.63) is 5.21 Å². The van der Waals surface area contributed by atoms with Crippen molar-refractivity contribution in [2.24, 2.45) is 0 Å². The van der Waals surface area contributed by atoms with E-state index < -0.39 is 5.91 Å². The quantitative estimate of drug-likeness (QED) is 0.252. The van der Waals surface area contributed by atoms with Gasteiger partial charge in [0.25, 0.3) is 0 Å². The van der Waals surface area contributed by atoms with Crippen LogP contribution in [0.5, 0.6) is 0 Å². The first-order valence-electron chi connectivity index (χ1n) is 2.48. The first-order valence-corrected chi connectivity index (χ1v) is 3.87. The van der Waals surface area contributed by atoms with Crippen LogP contribution in [0.15, 0.2) is 0 Å². The van der Waals surface area contributed by atoms with E-state index >= 15 is 0 Å². The van der Waals surface area contributed by atoms with Gasteiger partial charge in [-0.3, -0.25) is 0 Å². The van der Waals surface area contributed by atoms with Gasteiger partial charge >= 0.3 is 5.91 Å². The minimum absolute atomic E-state index is 0.121. The molecule has 0 aromatic carbocycles. The van der Waals surface area contributed by atoms with E-state index in [1.165, 1.54) is 11.8 Å². The van der Waals surface area contributed by atoms with Crippen LogP contribution in [0.4, 0.5) is 0 Å². The van der Waals surface area contributed by atoms with E-state index in [0.29, 0.717) is 5.75 Å². The molecule has 0 aliphatic rings. The van der Waals surface area contributed by atoms with Gasteiger partial charge in [0.05, 0.1) is 6.42 Å². The lowest BCUT2D eigenvalue weighted by Crippen LogP contribution is -2.12. The SMILES string of the molecule is C=[N+]([O-])C(=O)CCSC. The van der Waals surface area contributed by atoms with Gasteiger partial charge in [-0.05, 0) is 6.26 Å². The summed E-state index contributed by atoms with van der Waals surface area (Å²) in [5, 5.41) is 10.1. The first kappa shape index (κ1) is 8.49. The third kappa shape index (κ3) is 4.02. The Kier molecular flexibility index (Phi) is 4.13. The van der Waals surface area contributed by atoms with Crippen molar-refractivity contribution in [2.75, 3.05) is 12.0 Å². The maximum Gasteiger partial charge on any atom is 0.398 e. The normalized spacial score (nSPS) is 9.00. The Morgan fingerprint density at radius 1 is 1.89 bits per heavy atom. The molecular weight excluding hydrogens is 138 g/mol. The summed E-state index contributed by atoms with van der Waals surface area (Å²) in [5.74, 6) is 0.233. The van der Waals surface area contributed by atoms with Crippen molar-refractivity contribution in [1.29, 1.82) is 0 Å². The highest BCUT2D eigenvalue weighted by atomic mass is 32.2. The monoisotopic (exact) mass is 147 g/mol. The number of nitrogens with zero attached hydrogens (tertiary/aromatic N) is 1. The van der Waals surface area contributed by atoms with Crippen molar-refractivity contribution >= 4 is 24.4 Å². The number of hydrogen-bond donors (Lipinski definition) is 0. The van der Waals surface area contributed by atoms with E-state index in [1.54, 1.807) is 0 Å². The second kappa shape index (κ2) is 4.38. The first-order chi connectivity index (χ1) is 4.18. The molecule has 0 rings (SSSR count). The second-order valence-corrected chi connectivity index (χ2v) is 2.50. The fourth-order valence-electron chi connectivity index (χ4n) is 0.314. The van der Waals surface area contributed by atoms with E-state index in [-0.39, 0.29) is 11.2 Å². The van der Waals surface area contributed by atoms with Crippen molar-refractivity contribution in [2.45, 2.75) is 6.42 Å². The standard InChI is InChI=1S/C5H9NO2S/c1-6(8)5(7)3-4-9-2/h1,3-4H2,2H3. The van der Waals surface area contributed by atoms with Crippen molar-refractivity contribution in [3.63, 3.8) is 0 Å². The molecule has 0 bridgehead atoms. The van der Waals surface area contributed by atoms with Crippen LogP contribution in [0.25, 0.3) is 0 Å². The molecule has 0 heterocycles. The smallest absolute Gasteiger partial charge is 0.398 e. The van der Waals surface area contributed by atoms with E-state index in [1.807, 2.05) is 6.26 Å². The van der Waals surface area contributed by atoms with Gasteiger partial charge in [-0.1, -0.05) is 0 Å². The molecule has 1 amide bonds. The Morgan fingerprint density at radius 2 is 2.44 bits per heavy atom. The Labute approximate surface area is 58.3 Å². The molecule has 0 aliphatic carbocycles. The van der Waals surface area contributed by atoms with E-state index in [0.717, 1.165) is 0 Å². The van der Waals surface area contributed by atoms with Crippen LogP contribution in [0, 0.1) is 5.21 Å². The molecule has 0 saturated carbocycles. The van der Waals surface area contributed by atoms with Crippen LogP contribution in [0.3, 0.4) is 0 Å². The van der Waals surface area contributed by atoms with Gasteiger partial charge in [-0.25, -0.2) is 4.79 Å². The fourth-order valence-corrected chi connectivity index (χ4v) is 0.693. The van der Waals surface area contributed by atoms with Gasteiger partial charge < -0.3 is 5.21 Å². The lowest BCUT2D eigenvalue weighted by atomic mass is 10.5. The van der Waals surface area contributed by atoms with Gasteiger partial charge in [-0.2, -0.15) is 11.8 Å². The van der Waals surface area contributed by atoms with Gasteiger partial charge in [0.1, 0.15) is 6.72 Å². The highest BCUT2D eigenvalue weighted by Crippen LogP contribution is 1.95. The molecule has 0 saturated heterocycles. The van der Waals surface area contributed by atoms with Crippen LogP contribution in [0.2, 0.25) is 0 Å². The molecule has 4 heteroatoms. The second-order valence-electron chi connectivity index (χ2n) is 1.52. The zero-order valence-electron chi connectivity index (χ0n) is 5.29. The lowest BCUT2D eigenvalue weighted by Gasteiger charge is -1.95. The third-order valence-electron chi connectivity index (χ3n) is 0.798. The summed E-state index contributed by atoms with van der Waals surface area (Å²) in [6, 6.07) is 0. The highest BCUT2D eigenvalue weighted by molar-refractivity contribution is 7.98. The number of thioether (sulfide) groups is 1. The van der Waals surface area contributed by atoms with Crippen molar-refractivity contribution < 1.29 is 9.53 Å². The predicted molar refractivity (Wildman–Crippen MR) is 38.8 cm³/mol. The Morgan fingerprint density at radius 3 is 2.78 bits per heavy atom. The molecule has 0 atom stereocenters. The molecule has 0 N–H and O–H groups in total. The van der Waals surface area contributed by atoms with Crippen molar-refractivity contribution in [3.8, 4) is 0 Å². The van der Waals surface area contributed by atoms with Crippen molar-refractivity contribution in [1.82, 2.24) is 0 Å². The molecule has 0 aliphatic heterocycles. The molecule has 0 unspecified atom stereocenters. The minimum atomic E-state index is -0.454. The van der Waals surface area contributed by atoms with Crippen LogP contribution in [-0.4, -0.2) is 29.4 Å². The summed E-state index contributed by atoms with van der Waals surface area (Å²) in [4.78, 5) is 10.4. The summed E-state index contributed by atoms with van der Waals surface area (Å²) in [5.41, 5.74) is 0. The average Bonchev–Trinajstić information content (AvgIpc) is 1.82. The van der Waals surface area contributed by atoms with Gasteiger partial charge in [0.15, 0.2) is 0 Å². The number of carbonyl (C=O) groups is 1. The summed E-state index contributed by atoms with van der Waals surface area (Å²) in [7, 11) is 0. The third-order valence-corrected chi connectivity index (χ3v) is 1.41. The molecule has 3 nitrogen and oxygen atoms in total. The summed E-state index contributed by atoms with van der Waals surface area (Å²) in [6.45, 7) is 2.91. The maximum atomic E-state index is 10.4. The topological polar surface area (TPSA) is 43.1 Å². The zero-order valence-corrected chi connectivity index (χ0v) is 6.11. The fraction of sp³-hybridized carbons (Fsp3) is 0.600. The average molecular weight is 147 g/mol. The summed E-state index contributed by atoms with van der Waals surface area (Å²) >= 11 is 1.53. The van der Waals surface area contributed by atoms with Crippen LogP contribution in [-0.2, 0) is 4.79 Å². The molecular formula is C5H9NO2S. The van der Waals surface area contributed by atoms with E-state index in [2.05, 4.69) is 6.72 Å². The molecule has 52 valence electrons. The van der Waals surface area contributed by atoms with Crippen LogP contribution < -0.4 is 0 Å². The Hall–Kier alpha value is -0.510. The number of rotatable bonds is 3. The molecule has 9 heavy (non-hydrogen) atoms. The number of carbonyl (C=O) groups excluding carboxylic acids is 1. The number of hydrogen-bond acceptors (Lipinski definition) is 3. The molecule has 0 radical (unpaired) electrons. The zero-order chi connectivity index (χ0) is 7.28. The molecule has 0 aromatic heterocycles. The molecule has 0 fully saturated rings. The van der Waals surface area contributed by atoms with Gasteiger partial charge in [0.2, 0.25) is 0 Å². The minimum Gasteiger partial charge on any atom is -0.617 e. The molecule has 0 aromatic rings. The Balaban J connectivity index is 3.39. The van der Waals surface area contributed by atoms with E-state index in [4.69, 9.17) is 0 Å². The van der Waals surface area contributed by atoms with Crippen LogP contribution >= 0.6 is 11.8 Å². The lowest BCUT2D eigenvalue weighted by molar-refractivity contribution is -0.373. The van der Waals surface area contributed by atoms with Crippen LogP contribution in [0.1, 0.15) is 6.42 Å². The van der Waals surface area contributed by atoms with Gasteiger partial charge in [0, 0.05) is 5.75 Å². The Bertz CT molecular complexity index is 124. The number of amides is 1. The molecule has 0 spiro atoms. The van der Waals surface area contributed by atoms with Gasteiger partial charge in [-0.15, -0.1) is 4.74 Å². The summed E-state index contributed by atoms with van der Waals surface area (Å²) in [6.07, 6.45) is 2.17. The number of hydroxylamine groups is 1.